The molecule has 2 unspecified atom stereocenters. The highest BCUT2D eigenvalue weighted by molar-refractivity contribution is 7.91. The molecule has 6 nitrogen and oxygen atoms in total. The number of amides is 1. The van der Waals surface area contributed by atoms with Gasteiger partial charge in [0, 0.05) is 24.2 Å². The summed E-state index contributed by atoms with van der Waals surface area (Å²) in [4.78, 5) is 15.5. The normalized spacial score (nSPS) is 19.9. The molecule has 0 radical (unpaired) electrons. The average molecular weight is 498 g/mol. The smallest absolute Gasteiger partial charge is 0.416 e. The summed E-state index contributed by atoms with van der Waals surface area (Å²) < 4.78 is 64.2. The van der Waals surface area contributed by atoms with Crippen molar-refractivity contribution in [3.05, 3.63) is 59.7 Å². The van der Waals surface area contributed by atoms with E-state index in [1.54, 1.807) is 38.1 Å². The first-order valence-corrected chi connectivity index (χ1v) is 12.9. The molecule has 1 fully saturated rings. The Morgan fingerprint density at radius 3 is 2.44 bits per heavy atom. The number of halogens is 3. The molecule has 0 bridgehead atoms. The summed E-state index contributed by atoms with van der Waals surface area (Å²) in [5.74, 6) is -0.0340. The minimum atomic E-state index is -4.44. The molecule has 3 atom stereocenters. The van der Waals surface area contributed by atoms with Crippen molar-refractivity contribution in [2.75, 3.05) is 19.3 Å². The van der Waals surface area contributed by atoms with Crippen molar-refractivity contribution < 1.29 is 26.9 Å². The fourth-order valence-corrected chi connectivity index (χ4v) is 4.54. The van der Waals surface area contributed by atoms with Crippen molar-refractivity contribution in [3.63, 3.8) is 0 Å². The highest BCUT2D eigenvalue weighted by Gasteiger charge is 2.40. The number of benzene rings is 2. The van der Waals surface area contributed by atoms with Crippen molar-refractivity contribution in [2.24, 2.45) is 0 Å². The first-order valence-electron chi connectivity index (χ1n) is 10.9. The molecule has 34 heavy (non-hydrogen) atoms. The lowest BCUT2D eigenvalue weighted by Crippen LogP contribution is -2.54. The quantitative estimate of drug-likeness (QED) is 0.573. The average Bonchev–Trinajstić information content (AvgIpc) is 3.22. The Hall–Kier alpha value is -2.59. The topological polar surface area (TPSA) is 82.5 Å². The predicted octanol–water partition coefficient (Wildman–Crippen LogP) is 4.85. The van der Waals surface area contributed by atoms with Gasteiger partial charge >= 0.3 is 6.18 Å². The lowest BCUT2D eigenvalue weighted by Gasteiger charge is -2.35. The van der Waals surface area contributed by atoms with Crippen LogP contribution in [0, 0.1) is 4.78 Å². The molecule has 2 aromatic rings. The van der Waals surface area contributed by atoms with E-state index in [1.165, 1.54) is 18.4 Å². The second-order valence-electron chi connectivity index (χ2n) is 9.17. The number of hydrogen-bond acceptors (Lipinski definition) is 5. The molecular weight excluding hydrogens is 467 g/mol. The standard InChI is InChI=1S/C24H30F3N3O3S/c1-16(17-8-10-21(11-9-17)34(4,28)32)29-22(31)23(2,3)30-13-12-20(15-30)33-19-7-5-6-18(14-19)24(25,26)27/h5-11,14,16,20,28H,12-13,15H2,1-4H3,(H,29,31)/t16-,20?,34?/m0/s1. The first kappa shape index (κ1) is 26.0. The summed E-state index contributed by atoms with van der Waals surface area (Å²) in [7, 11) is -2.80. The van der Waals surface area contributed by atoms with Gasteiger partial charge in [-0.25, -0.2) is 8.99 Å². The molecule has 0 saturated carbocycles. The molecule has 0 spiro atoms. The number of likely N-dealkylation sites (tertiary alicyclic amines) is 1. The van der Waals surface area contributed by atoms with E-state index in [1.807, 2.05) is 11.8 Å². The van der Waals surface area contributed by atoms with Crippen molar-refractivity contribution in [1.29, 1.82) is 4.78 Å². The Kier molecular flexibility index (Phi) is 7.33. The minimum Gasteiger partial charge on any atom is -0.489 e. The summed E-state index contributed by atoms with van der Waals surface area (Å²) in [6.45, 7) is 6.43. The monoisotopic (exact) mass is 497 g/mol. The number of carbonyl (C=O) groups excluding carboxylic acids is 1. The summed E-state index contributed by atoms with van der Waals surface area (Å²) in [6.07, 6.45) is -2.81. The van der Waals surface area contributed by atoms with Gasteiger partial charge in [-0.1, -0.05) is 18.2 Å². The zero-order valence-corrected chi connectivity index (χ0v) is 20.4. The maximum Gasteiger partial charge on any atom is 0.416 e. The molecule has 0 aliphatic carbocycles. The highest BCUT2D eigenvalue weighted by atomic mass is 32.2. The summed E-state index contributed by atoms with van der Waals surface area (Å²) in [5, 5.41) is 3.00. The fraction of sp³-hybridized carbons (Fsp3) is 0.458. The second kappa shape index (κ2) is 9.58. The molecule has 2 aromatic carbocycles. The molecule has 2 N–H and O–H groups in total. The zero-order valence-electron chi connectivity index (χ0n) is 19.6. The third-order valence-corrected chi connectivity index (χ3v) is 7.30. The number of hydrogen-bond donors (Lipinski definition) is 2. The van der Waals surface area contributed by atoms with Crippen LogP contribution in [0.2, 0.25) is 0 Å². The second-order valence-corrected chi connectivity index (χ2v) is 11.3. The van der Waals surface area contributed by atoms with Crippen LogP contribution in [0.4, 0.5) is 13.2 Å². The molecule has 0 aromatic heterocycles. The first-order chi connectivity index (χ1) is 15.7. The van der Waals surface area contributed by atoms with Crippen LogP contribution in [0.15, 0.2) is 53.4 Å². The van der Waals surface area contributed by atoms with Gasteiger partial charge < -0.3 is 10.1 Å². The highest BCUT2D eigenvalue weighted by Crippen LogP contribution is 2.32. The van der Waals surface area contributed by atoms with Gasteiger partial charge in [-0.3, -0.25) is 9.69 Å². The SMILES string of the molecule is C[C@H](NC(=O)C(C)(C)N1CCC(Oc2cccc(C(F)(F)F)c2)C1)c1ccc(S(C)(=N)=O)cc1. The van der Waals surface area contributed by atoms with E-state index in [9.17, 15) is 22.2 Å². The number of nitrogens with zero attached hydrogens (tertiary/aromatic N) is 1. The van der Waals surface area contributed by atoms with Crippen molar-refractivity contribution >= 4 is 15.6 Å². The molecule has 10 heteroatoms. The zero-order chi connectivity index (χ0) is 25.3. The fourth-order valence-electron chi connectivity index (χ4n) is 3.89. The largest absolute Gasteiger partial charge is 0.489 e. The summed E-state index contributed by atoms with van der Waals surface area (Å²) >= 11 is 0. The van der Waals surface area contributed by atoms with Crippen molar-refractivity contribution in [3.8, 4) is 5.75 Å². The minimum absolute atomic E-state index is 0.157. The van der Waals surface area contributed by atoms with Crippen LogP contribution in [0.1, 0.15) is 44.4 Å². The van der Waals surface area contributed by atoms with Gasteiger partial charge in [0.15, 0.2) is 0 Å². The van der Waals surface area contributed by atoms with Crippen molar-refractivity contribution in [1.82, 2.24) is 10.2 Å². The van der Waals surface area contributed by atoms with Gasteiger partial charge in [0.1, 0.15) is 11.9 Å². The molecular formula is C24H30F3N3O3S. The van der Waals surface area contributed by atoms with Crippen LogP contribution in [-0.4, -0.2) is 46.0 Å². The van der Waals surface area contributed by atoms with Crippen LogP contribution >= 0.6 is 0 Å². The lowest BCUT2D eigenvalue weighted by molar-refractivity contribution is -0.137. The molecule has 1 heterocycles. The third-order valence-electron chi connectivity index (χ3n) is 6.13. The Morgan fingerprint density at radius 2 is 1.85 bits per heavy atom. The lowest BCUT2D eigenvalue weighted by atomic mass is 10.0. The molecule has 186 valence electrons. The van der Waals surface area contributed by atoms with Crippen molar-refractivity contribution in [2.45, 2.75) is 55.9 Å². The number of ether oxygens (including phenoxy) is 1. The van der Waals surface area contributed by atoms with E-state index >= 15 is 0 Å². The summed E-state index contributed by atoms with van der Waals surface area (Å²) in [5.41, 5.74) is -0.798. The van der Waals surface area contributed by atoms with Gasteiger partial charge in [0.05, 0.1) is 26.9 Å². The van der Waals surface area contributed by atoms with E-state index in [0.29, 0.717) is 24.4 Å². The summed E-state index contributed by atoms with van der Waals surface area (Å²) in [6, 6.07) is 11.3. The van der Waals surface area contributed by atoms with Gasteiger partial charge in [-0.05, 0) is 63.1 Å². The predicted molar refractivity (Wildman–Crippen MR) is 124 cm³/mol. The Morgan fingerprint density at radius 1 is 1.21 bits per heavy atom. The van der Waals surface area contributed by atoms with E-state index in [4.69, 9.17) is 9.52 Å². The van der Waals surface area contributed by atoms with Gasteiger partial charge in [-0.2, -0.15) is 13.2 Å². The van der Waals surface area contributed by atoms with Crippen LogP contribution in [0.25, 0.3) is 0 Å². The van der Waals surface area contributed by atoms with E-state index in [-0.39, 0.29) is 23.8 Å². The maximum atomic E-state index is 13.1. The van der Waals surface area contributed by atoms with Crippen LogP contribution in [0.3, 0.4) is 0 Å². The van der Waals surface area contributed by atoms with Gasteiger partial charge in [0.25, 0.3) is 0 Å². The third kappa shape index (κ3) is 6.09. The van der Waals surface area contributed by atoms with Crippen LogP contribution in [0.5, 0.6) is 5.75 Å². The molecule has 3 rings (SSSR count). The number of carbonyl (C=O) groups is 1. The number of rotatable bonds is 7. The Balaban J connectivity index is 1.61. The Bertz CT molecular complexity index is 1130. The van der Waals surface area contributed by atoms with Gasteiger partial charge in [0.2, 0.25) is 5.91 Å². The maximum absolute atomic E-state index is 13.1. The molecule has 1 saturated heterocycles. The van der Waals surface area contributed by atoms with Gasteiger partial charge in [-0.15, -0.1) is 0 Å². The number of nitrogens with one attached hydrogen (secondary N) is 2. The van der Waals surface area contributed by atoms with E-state index in [2.05, 4.69) is 5.32 Å². The van der Waals surface area contributed by atoms with E-state index < -0.39 is 27.0 Å². The molecule has 1 aliphatic rings. The molecule has 1 amide bonds. The molecule has 1 aliphatic heterocycles. The van der Waals surface area contributed by atoms with Crippen LogP contribution in [-0.2, 0) is 20.7 Å². The van der Waals surface area contributed by atoms with E-state index in [0.717, 1.165) is 17.7 Å². The number of alkyl halides is 3. The Labute approximate surface area is 198 Å². The van der Waals surface area contributed by atoms with Crippen LogP contribution < -0.4 is 10.1 Å².